The molecule has 0 aliphatic carbocycles. The van der Waals surface area contributed by atoms with E-state index >= 15 is 0 Å². The number of hydrogen-bond acceptors (Lipinski definition) is 2. The zero-order valence-electron chi connectivity index (χ0n) is 12.2. The van der Waals surface area contributed by atoms with Crippen molar-refractivity contribution in [3.63, 3.8) is 0 Å². The van der Waals surface area contributed by atoms with Gasteiger partial charge in [0.1, 0.15) is 0 Å². The first-order valence-corrected chi connectivity index (χ1v) is 7.50. The maximum absolute atomic E-state index is 6.32. The lowest BCUT2D eigenvalue weighted by molar-refractivity contribution is 0.232. The molecule has 0 amide bonds. The van der Waals surface area contributed by atoms with E-state index in [1.807, 2.05) is 30.9 Å². The lowest BCUT2D eigenvalue weighted by Crippen LogP contribution is -2.26. The van der Waals surface area contributed by atoms with Crippen LogP contribution in [0, 0.1) is 0 Å². The summed E-state index contributed by atoms with van der Waals surface area (Å²) in [6.45, 7) is 4.26. The molecule has 108 valence electrons. The SMILES string of the molecule is CCC(c1ccccc1Cl)N(C)CCCn1ccnc1. The van der Waals surface area contributed by atoms with Crippen molar-refractivity contribution in [2.24, 2.45) is 0 Å². The molecule has 0 fully saturated rings. The van der Waals surface area contributed by atoms with Crippen LogP contribution < -0.4 is 0 Å². The first-order valence-electron chi connectivity index (χ1n) is 7.12. The second-order valence-electron chi connectivity index (χ2n) is 5.08. The summed E-state index contributed by atoms with van der Waals surface area (Å²) in [6, 6.07) is 8.52. The van der Waals surface area contributed by atoms with Gasteiger partial charge in [0.25, 0.3) is 0 Å². The number of aromatic nitrogens is 2. The summed E-state index contributed by atoms with van der Waals surface area (Å²) < 4.78 is 2.12. The third-order valence-electron chi connectivity index (χ3n) is 3.67. The molecule has 0 saturated heterocycles. The minimum atomic E-state index is 0.381. The number of halogens is 1. The summed E-state index contributed by atoms with van der Waals surface area (Å²) in [6.07, 6.45) is 7.86. The molecule has 3 nitrogen and oxygen atoms in total. The summed E-state index contributed by atoms with van der Waals surface area (Å²) in [5.41, 5.74) is 1.22. The van der Waals surface area contributed by atoms with E-state index in [1.165, 1.54) is 5.56 Å². The van der Waals surface area contributed by atoms with E-state index in [2.05, 4.69) is 40.6 Å². The number of benzene rings is 1. The van der Waals surface area contributed by atoms with Crippen LogP contribution in [0.2, 0.25) is 5.02 Å². The van der Waals surface area contributed by atoms with Crippen molar-refractivity contribution in [2.45, 2.75) is 32.4 Å². The number of rotatable bonds is 7. The van der Waals surface area contributed by atoms with Gasteiger partial charge < -0.3 is 4.57 Å². The maximum atomic E-state index is 6.32. The van der Waals surface area contributed by atoms with E-state index in [1.54, 1.807) is 0 Å². The third-order valence-corrected chi connectivity index (χ3v) is 4.01. The Morgan fingerprint density at radius 2 is 2.15 bits per heavy atom. The van der Waals surface area contributed by atoms with Crippen molar-refractivity contribution < 1.29 is 0 Å². The van der Waals surface area contributed by atoms with Gasteiger partial charge in [-0.1, -0.05) is 36.7 Å². The second kappa shape index (κ2) is 7.46. The summed E-state index contributed by atoms with van der Waals surface area (Å²) in [5, 5.41) is 0.862. The van der Waals surface area contributed by atoms with Crippen molar-refractivity contribution in [3.05, 3.63) is 53.6 Å². The number of aryl methyl sites for hydroxylation is 1. The number of imidazole rings is 1. The van der Waals surface area contributed by atoms with E-state index in [0.29, 0.717) is 6.04 Å². The Morgan fingerprint density at radius 3 is 2.80 bits per heavy atom. The van der Waals surface area contributed by atoms with E-state index in [0.717, 1.165) is 31.0 Å². The minimum Gasteiger partial charge on any atom is -0.337 e. The van der Waals surface area contributed by atoms with Gasteiger partial charge in [0, 0.05) is 36.5 Å². The van der Waals surface area contributed by atoms with Crippen LogP contribution in [0.5, 0.6) is 0 Å². The monoisotopic (exact) mass is 291 g/mol. The Kier molecular flexibility index (Phi) is 5.62. The lowest BCUT2D eigenvalue weighted by Gasteiger charge is -2.28. The Balaban J connectivity index is 1.92. The highest BCUT2D eigenvalue weighted by molar-refractivity contribution is 6.31. The van der Waals surface area contributed by atoms with Gasteiger partial charge in [-0.05, 0) is 31.5 Å². The van der Waals surface area contributed by atoms with Crippen molar-refractivity contribution in [1.82, 2.24) is 14.5 Å². The summed E-state index contributed by atoms with van der Waals surface area (Å²) in [7, 11) is 2.17. The molecule has 0 radical (unpaired) electrons. The zero-order valence-corrected chi connectivity index (χ0v) is 12.9. The van der Waals surface area contributed by atoms with Gasteiger partial charge in [-0.15, -0.1) is 0 Å². The molecule has 0 aliphatic heterocycles. The van der Waals surface area contributed by atoms with Gasteiger partial charge in [-0.3, -0.25) is 4.90 Å². The molecular weight excluding hydrogens is 270 g/mol. The highest BCUT2D eigenvalue weighted by atomic mass is 35.5. The fourth-order valence-corrected chi connectivity index (χ4v) is 2.85. The molecule has 2 rings (SSSR count). The van der Waals surface area contributed by atoms with Gasteiger partial charge in [0.2, 0.25) is 0 Å². The van der Waals surface area contributed by atoms with Crippen molar-refractivity contribution in [2.75, 3.05) is 13.6 Å². The summed E-state index contributed by atoms with van der Waals surface area (Å²) in [5.74, 6) is 0. The molecule has 1 aromatic carbocycles. The predicted molar refractivity (Wildman–Crippen MR) is 84.0 cm³/mol. The number of hydrogen-bond donors (Lipinski definition) is 0. The topological polar surface area (TPSA) is 21.1 Å². The second-order valence-corrected chi connectivity index (χ2v) is 5.49. The normalized spacial score (nSPS) is 12.8. The van der Waals surface area contributed by atoms with Gasteiger partial charge in [-0.25, -0.2) is 4.98 Å². The minimum absolute atomic E-state index is 0.381. The molecule has 0 saturated carbocycles. The van der Waals surface area contributed by atoms with Crippen LogP contribution in [0.4, 0.5) is 0 Å². The molecule has 0 N–H and O–H groups in total. The van der Waals surface area contributed by atoms with Crippen molar-refractivity contribution in [1.29, 1.82) is 0 Å². The van der Waals surface area contributed by atoms with E-state index in [9.17, 15) is 0 Å². The van der Waals surface area contributed by atoms with Crippen LogP contribution in [0.3, 0.4) is 0 Å². The first-order chi connectivity index (χ1) is 9.72. The fourth-order valence-electron chi connectivity index (χ4n) is 2.59. The molecule has 1 atom stereocenters. The highest BCUT2D eigenvalue weighted by Crippen LogP contribution is 2.29. The standard InChI is InChI=1S/C16H22ClN3/c1-3-16(14-7-4-5-8-15(14)17)19(2)10-6-11-20-12-9-18-13-20/h4-5,7-9,12-13,16H,3,6,10-11H2,1-2H3. The van der Waals surface area contributed by atoms with Crippen LogP contribution in [0.15, 0.2) is 43.0 Å². The van der Waals surface area contributed by atoms with Crippen molar-refractivity contribution >= 4 is 11.6 Å². The Morgan fingerprint density at radius 1 is 1.35 bits per heavy atom. The van der Waals surface area contributed by atoms with Gasteiger partial charge in [-0.2, -0.15) is 0 Å². The third kappa shape index (κ3) is 3.84. The average molecular weight is 292 g/mol. The summed E-state index contributed by atoms with van der Waals surface area (Å²) >= 11 is 6.32. The fraction of sp³-hybridized carbons (Fsp3) is 0.438. The lowest BCUT2D eigenvalue weighted by atomic mass is 10.0. The molecule has 20 heavy (non-hydrogen) atoms. The van der Waals surface area contributed by atoms with Crippen LogP contribution in [-0.4, -0.2) is 28.0 Å². The quantitative estimate of drug-likeness (QED) is 0.768. The first kappa shape index (κ1) is 15.1. The largest absolute Gasteiger partial charge is 0.337 e. The predicted octanol–water partition coefficient (Wildman–Crippen LogP) is 4.01. The van der Waals surface area contributed by atoms with E-state index in [4.69, 9.17) is 11.6 Å². The Hall–Kier alpha value is -1.32. The zero-order chi connectivity index (χ0) is 14.4. The van der Waals surface area contributed by atoms with Crippen molar-refractivity contribution in [3.8, 4) is 0 Å². The van der Waals surface area contributed by atoms with Crippen LogP contribution >= 0.6 is 11.6 Å². The van der Waals surface area contributed by atoms with Gasteiger partial charge in [0.05, 0.1) is 6.33 Å². The van der Waals surface area contributed by atoms with E-state index in [-0.39, 0.29) is 0 Å². The molecule has 0 aliphatic rings. The van der Waals surface area contributed by atoms with Crippen LogP contribution in [-0.2, 0) is 6.54 Å². The average Bonchev–Trinajstić information content (AvgIpc) is 2.95. The Bertz CT molecular complexity index is 510. The molecule has 0 bridgehead atoms. The van der Waals surface area contributed by atoms with E-state index < -0.39 is 0 Å². The molecule has 1 heterocycles. The van der Waals surface area contributed by atoms with Crippen LogP contribution in [0.25, 0.3) is 0 Å². The molecule has 4 heteroatoms. The Labute approximate surface area is 126 Å². The molecule has 1 unspecified atom stereocenters. The van der Waals surface area contributed by atoms with Crippen LogP contribution in [0.1, 0.15) is 31.4 Å². The van der Waals surface area contributed by atoms with Gasteiger partial charge in [0.15, 0.2) is 0 Å². The molecular formula is C16H22ClN3. The van der Waals surface area contributed by atoms with Gasteiger partial charge >= 0.3 is 0 Å². The molecule has 1 aromatic heterocycles. The highest BCUT2D eigenvalue weighted by Gasteiger charge is 2.16. The molecule has 2 aromatic rings. The maximum Gasteiger partial charge on any atom is 0.0945 e. The summed E-state index contributed by atoms with van der Waals surface area (Å²) in [4.78, 5) is 6.45. The number of nitrogens with zero attached hydrogens (tertiary/aromatic N) is 3. The smallest absolute Gasteiger partial charge is 0.0945 e. The molecule has 0 spiro atoms.